The quantitative estimate of drug-likeness (QED) is 0.441. The van der Waals surface area contributed by atoms with Gasteiger partial charge in [0.05, 0.1) is 12.3 Å². The Morgan fingerprint density at radius 3 is 2.95 bits per heavy atom. The van der Waals surface area contributed by atoms with Crippen molar-refractivity contribution in [2.75, 3.05) is 13.2 Å². The van der Waals surface area contributed by atoms with Gasteiger partial charge in [-0.3, -0.25) is 5.43 Å². The highest BCUT2D eigenvalue weighted by Gasteiger charge is 2.14. The second kappa shape index (κ2) is 7.06. The maximum absolute atomic E-state index is 9.14. The largest absolute Gasteiger partial charge is 0.508 e. The van der Waals surface area contributed by atoms with Gasteiger partial charge < -0.3 is 15.2 Å². The number of phenolic OH excluding ortho intramolecular Hbond substituents is 1. The monoisotopic (exact) mass is 279 g/mol. The van der Waals surface area contributed by atoms with E-state index in [0.29, 0.717) is 11.7 Å². The maximum atomic E-state index is 9.14. The van der Waals surface area contributed by atoms with Crippen LogP contribution in [0, 0.1) is 0 Å². The Labute approximate surface area is 117 Å². The first-order valence-corrected chi connectivity index (χ1v) is 6.62. The van der Waals surface area contributed by atoms with Crippen molar-refractivity contribution in [1.82, 2.24) is 10.7 Å². The molecule has 0 spiro atoms. The van der Waals surface area contributed by atoms with Gasteiger partial charge in [0.2, 0.25) is 0 Å². The summed E-state index contributed by atoms with van der Waals surface area (Å²) in [7, 11) is 0. The van der Waals surface area contributed by atoms with E-state index in [-0.39, 0.29) is 11.9 Å². The number of hydrazone groups is 1. The normalized spacial score (nSPS) is 18.6. The van der Waals surface area contributed by atoms with E-state index in [1.165, 1.54) is 0 Å². The van der Waals surface area contributed by atoms with E-state index in [1.54, 1.807) is 30.5 Å². The highest BCUT2D eigenvalue weighted by atomic mass is 32.1. The van der Waals surface area contributed by atoms with Crippen LogP contribution in [0.3, 0.4) is 0 Å². The van der Waals surface area contributed by atoms with E-state index in [2.05, 4.69) is 15.8 Å². The van der Waals surface area contributed by atoms with Crippen LogP contribution in [0.4, 0.5) is 0 Å². The van der Waals surface area contributed by atoms with Crippen LogP contribution in [-0.4, -0.2) is 35.7 Å². The van der Waals surface area contributed by atoms with Crippen molar-refractivity contribution in [3.05, 3.63) is 29.8 Å². The van der Waals surface area contributed by atoms with Crippen molar-refractivity contribution >= 4 is 23.5 Å². The third-order valence-electron chi connectivity index (χ3n) is 2.79. The van der Waals surface area contributed by atoms with Crippen molar-refractivity contribution in [2.24, 2.45) is 5.10 Å². The Hall–Kier alpha value is -1.66. The smallest absolute Gasteiger partial charge is 0.187 e. The number of rotatable bonds is 4. The van der Waals surface area contributed by atoms with Gasteiger partial charge in [-0.2, -0.15) is 5.10 Å². The molecule has 1 aromatic rings. The predicted octanol–water partition coefficient (Wildman–Crippen LogP) is 1.37. The van der Waals surface area contributed by atoms with Gasteiger partial charge in [-0.05, 0) is 54.9 Å². The SMILES string of the molecule is Oc1ccc(/C=N/NC(=S)NC[C@@H]2CCCO2)cc1. The lowest BCUT2D eigenvalue weighted by Gasteiger charge is -2.11. The summed E-state index contributed by atoms with van der Waals surface area (Å²) in [5.74, 6) is 0.235. The van der Waals surface area contributed by atoms with Gasteiger partial charge in [0.15, 0.2) is 5.11 Å². The van der Waals surface area contributed by atoms with Gasteiger partial charge in [-0.25, -0.2) is 0 Å². The van der Waals surface area contributed by atoms with E-state index in [1.807, 2.05) is 0 Å². The van der Waals surface area contributed by atoms with Crippen molar-refractivity contribution in [2.45, 2.75) is 18.9 Å². The van der Waals surface area contributed by atoms with Gasteiger partial charge >= 0.3 is 0 Å². The van der Waals surface area contributed by atoms with Crippen LogP contribution in [0.5, 0.6) is 5.75 Å². The molecular formula is C13H17N3O2S. The number of nitrogens with zero attached hydrogens (tertiary/aromatic N) is 1. The Morgan fingerprint density at radius 2 is 2.26 bits per heavy atom. The number of aromatic hydroxyl groups is 1. The van der Waals surface area contributed by atoms with Gasteiger partial charge in [0, 0.05) is 13.2 Å². The minimum Gasteiger partial charge on any atom is -0.508 e. The maximum Gasteiger partial charge on any atom is 0.187 e. The van der Waals surface area contributed by atoms with Gasteiger partial charge in [0.25, 0.3) is 0 Å². The van der Waals surface area contributed by atoms with Crippen LogP contribution >= 0.6 is 12.2 Å². The molecule has 1 heterocycles. The van der Waals surface area contributed by atoms with Gasteiger partial charge in [-0.15, -0.1) is 0 Å². The molecule has 0 aliphatic carbocycles. The molecule has 1 aliphatic heterocycles. The molecular weight excluding hydrogens is 262 g/mol. The number of nitrogens with one attached hydrogen (secondary N) is 2. The summed E-state index contributed by atoms with van der Waals surface area (Å²) in [5, 5.41) is 16.7. The van der Waals surface area contributed by atoms with Crippen LogP contribution in [-0.2, 0) is 4.74 Å². The number of hydrogen-bond acceptors (Lipinski definition) is 4. The molecule has 102 valence electrons. The Balaban J connectivity index is 1.69. The summed E-state index contributed by atoms with van der Waals surface area (Å²) in [5.41, 5.74) is 3.62. The molecule has 2 rings (SSSR count). The lowest BCUT2D eigenvalue weighted by Crippen LogP contribution is -2.37. The molecule has 1 aliphatic rings. The minimum absolute atomic E-state index is 0.235. The van der Waals surface area contributed by atoms with E-state index >= 15 is 0 Å². The van der Waals surface area contributed by atoms with Crippen molar-refractivity contribution < 1.29 is 9.84 Å². The minimum atomic E-state index is 0.235. The van der Waals surface area contributed by atoms with E-state index in [4.69, 9.17) is 22.1 Å². The molecule has 0 bridgehead atoms. The average Bonchev–Trinajstić information content (AvgIpc) is 2.92. The molecule has 1 aromatic carbocycles. The third-order valence-corrected chi connectivity index (χ3v) is 3.02. The second-order valence-electron chi connectivity index (χ2n) is 4.31. The highest BCUT2D eigenvalue weighted by Crippen LogP contribution is 2.10. The number of phenols is 1. The van der Waals surface area contributed by atoms with Crippen molar-refractivity contribution in [1.29, 1.82) is 0 Å². The summed E-state index contributed by atoms with van der Waals surface area (Å²) < 4.78 is 5.48. The van der Waals surface area contributed by atoms with E-state index < -0.39 is 0 Å². The van der Waals surface area contributed by atoms with Crippen LogP contribution < -0.4 is 10.7 Å². The van der Waals surface area contributed by atoms with Crippen LogP contribution in [0.25, 0.3) is 0 Å². The first-order valence-electron chi connectivity index (χ1n) is 6.21. The fourth-order valence-corrected chi connectivity index (χ4v) is 1.91. The zero-order valence-corrected chi connectivity index (χ0v) is 11.3. The number of ether oxygens (including phenoxy) is 1. The van der Waals surface area contributed by atoms with E-state index in [0.717, 1.165) is 25.0 Å². The molecule has 1 atom stereocenters. The molecule has 0 unspecified atom stereocenters. The van der Waals surface area contributed by atoms with Gasteiger partial charge in [0.1, 0.15) is 5.75 Å². The molecule has 0 radical (unpaired) electrons. The first-order chi connectivity index (χ1) is 9.24. The first kappa shape index (κ1) is 13.8. The van der Waals surface area contributed by atoms with Crippen LogP contribution in [0.2, 0.25) is 0 Å². The molecule has 6 heteroatoms. The van der Waals surface area contributed by atoms with Crippen LogP contribution in [0.1, 0.15) is 18.4 Å². The number of benzene rings is 1. The summed E-state index contributed by atoms with van der Waals surface area (Å²) in [6.07, 6.45) is 4.08. The van der Waals surface area contributed by atoms with Crippen molar-refractivity contribution in [3.63, 3.8) is 0 Å². The van der Waals surface area contributed by atoms with E-state index in [9.17, 15) is 0 Å². The second-order valence-corrected chi connectivity index (χ2v) is 4.71. The molecule has 1 saturated heterocycles. The zero-order valence-electron chi connectivity index (χ0n) is 10.5. The van der Waals surface area contributed by atoms with Crippen LogP contribution in [0.15, 0.2) is 29.4 Å². The molecule has 5 nitrogen and oxygen atoms in total. The fourth-order valence-electron chi connectivity index (χ4n) is 1.78. The zero-order chi connectivity index (χ0) is 13.5. The Morgan fingerprint density at radius 1 is 1.47 bits per heavy atom. The Kier molecular flexibility index (Phi) is 5.11. The predicted molar refractivity (Wildman–Crippen MR) is 78.4 cm³/mol. The average molecular weight is 279 g/mol. The molecule has 0 aromatic heterocycles. The molecule has 3 N–H and O–H groups in total. The topological polar surface area (TPSA) is 65.9 Å². The van der Waals surface area contributed by atoms with Gasteiger partial charge in [-0.1, -0.05) is 0 Å². The summed E-state index contributed by atoms with van der Waals surface area (Å²) in [6.45, 7) is 1.55. The lowest BCUT2D eigenvalue weighted by atomic mass is 10.2. The molecule has 19 heavy (non-hydrogen) atoms. The van der Waals surface area contributed by atoms with Crippen molar-refractivity contribution in [3.8, 4) is 5.75 Å². The highest BCUT2D eigenvalue weighted by molar-refractivity contribution is 7.80. The fraction of sp³-hybridized carbons (Fsp3) is 0.385. The lowest BCUT2D eigenvalue weighted by molar-refractivity contribution is 0.114. The summed E-state index contributed by atoms with van der Waals surface area (Å²) in [6, 6.07) is 6.75. The summed E-state index contributed by atoms with van der Waals surface area (Å²) in [4.78, 5) is 0. The molecule has 1 fully saturated rings. The molecule has 0 saturated carbocycles. The summed E-state index contributed by atoms with van der Waals surface area (Å²) >= 11 is 5.09. The Bertz CT molecular complexity index is 442. The number of thiocarbonyl (C=S) groups is 1. The molecule has 0 amide bonds. The standard InChI is InChI=1S/C13H17N3O2S/c17-11-5-3-10(4-6-11)8-15-16-13(19)14-9-12-2-1-7-18-12/h3-6,8,12,17H,1-2,7,9H2,(H2,14,16,19)/b15-8+/t12-/m0/s1. The number of hydrogen-bond donors (Lipinski definition) is 3. The third kappa shape index (κ3) is 4.84.